The van der Waals surface area contributed by atoms with Crippen LogP contribution in [-0.2, 0) is 24.3 Å². The SMILES string of the molecule is C=C(C)CN(CC)C(=O)COC(=O)c1cc(S(=O)(=O)N2CCOCC2)ccc1C. The van der Waals surface area contributed by atoms with Crippen molar-refractivity contribution in [2.24, 2.45) is 0 Å². The van der Waals surface area contributed by atoms with Crippen molar-refractivity contribution in [1.82, 2.24) is 9.21 Å². The van der Waals surface area contributed by atoms with E-state index in [9.17, 15) is 18.0 Å². The van der Waals surface area contributed by atoms with Crippen LogP contribution >= 0.6 is 0 Å². The first kappa shape index (κ1) is 23.1. The van der Waals surface area contributed by atoms with Gasteiger partial charge in [-0.05, 0) is 38.5 Å². The fraction of sp³-hybridized carbons (Fsp3) is 0.500. The Balaban J connectivity index is 2.13. The molecule has 1 aromatic rings. The van der Waals surface area contributed by atoms with Gasteiger partial charge in [0, 0.05) is 26.2 Å². The third-order valence-corrected chi connectivity index (χ3v) is 6.45. The Morgan fingerprint density at radius 1 is 1.28 bits per heavy atom. The summed E-state index contributed by atoms with van der Waals surface area (Å²) >= 11 is 0. The molecule has 0 aliphatic carbocycles. The second-order valence-electron chi connectivity index (χ2n) is 6.93. The maximum atomic E-state index is 12.8. The first-order valence-corrected chi connectivity index (χ1v) is 10.9. The van der Waals surface area contributed by atoms with E-state index in [-0.39, 0.29) is 29.5 Å². The molecule has 0 unspecified atom stereocenters. The van der Waals surface area contributed by atoms with Crippen LogP contribution in [0.1, 0.15) is 29.8 Å². The minimum Gasteiger partial charge on any atom is -0.452 e. The van der Waals surface area contributed by atoms with E-state index in [4.69, 9.17) is 9.47 Å². The van der Waals surface area contributed by atoms with E-state index in [2.05, 4.69) is 6.58 Å². The largest absolute Gasteiger partial charge is 0.452 e. The zero-order chi connectivity index (χ0) is 21.6. The van der Waals surface area contributed by atoms with Crippen LogP contribution in [0.15, 0.2) is 35.2 Å². The quantitative estimate of drug-likeness (QED) is 0.465. The molecule has 8 nitrogen and oxygen atoms in total. The Labute approximate surface area is 172 Å². The number of hydrogen-bond acceptors (Lipinski definition) is 6. The molecule has 1 aromatic carbocycles. The smallest absolute Gasteiger partial charge is 0.338 e. The zero-order valence-corrected chi connectivity index (χ0v) is 18.0. The summed E-state index contributed by atoms with van der Waals surface area (Å²) in [6.07, 6.45) is 0. The molecule has 1 aliphatic rings. The first-order chi connectivity index (χ1) is 13.7. The number of amides is 1. The molecular formula is C20H28N2O6S. The maximum Gasteiger partial charge on any atom is 0.338 e. The Kier molecular flexibility index (Phi) is 7.95. The van der Waals surface area contributed by atoms with Gasteiger partial charge in [0.25, 0.3) is 5.91 Å². The van der Waals surface area contributed by atoms with Gasteiger partial charge >= 0.3 is 5.97 Å². The highest BCUT2D eigenvalue weighted by atomic mass is 32.2. The van der Waals surface area contributed by atoms with Crippen molar-refractivity contribution in [3.63, 3.8) is 0 Å². The van der Waals surface area contributed by atoms with Crippen LogP contribution in [0, 0.1) is 6.92 Å². The van der Waals surface area contributed by atoms with Gasteiger partial charge in [-0.1, -0.05) is 18.2 Å². The van der Waals surface area contributed by atoms with Gasteiger partial charge in [0.1, 0.15) is 0 Å². The van der Waals surface area contributed by atoms with Crippen molar-refractivity contribution >= 4 is 21.9 Å². The van der Waals surface area contributed by atoms with Crippen LogP contribution in [0.25, 0.3) is 0 Å². The van der Waals surface area contributed by atoms with Gasteiger partial charge in [0.15, 0.2) is 6.61 Å². The van der Waals surface area contributed by atoms with Crippen molar-refractivity contribution in [2.75, 3.05) is 46.0 Å². The summed E-state index contributed by atoms with van der Waals surface area (Å²) in [7, 11) is -3.74. The molecule has 0 bridgehead atoms. The fourth-order valence-corrected chi connectivity index (χ4v) is 4.35. The molecule has 1 heterocycles. The highest BCUT2D eigenvalue weighted by Crippen LogP contribution is 2.21. The van der Waals surface area contributed by atoms with Crippen molar-refractivity contribution in [3.8, 4) is 0 Å². The number of rotatable bonds is 8. The number of morpholine rings is 1. The first-order valence-electron chi connectivity index (χ1n) is 9.44. The van der Waals surface area contributed by atoms with E-state index in [0.29, 0.717) is 31.9 Å². The lowest BCUT2D eigenvalue weighted by molar-refractivity contribution is -0.133. The van der Waals surface area contributed by atoms with Gasteiger partial charge < -0.3 is 14.4 Å². The Hall–Kier alpha value is -2.23. The predicted molar refractivity (Wildman–Crippen MR) is 108 cm³/mol. The number of nitrogens with zero attached hydrogens (tertiary/aromatic N) is 2. The number of hydrogen-bond donors (Lipinski definition) is 0. The van der Waals surface area contributed by atoms with Gasteiger partial charge in [-0.3, -0.25) is 4.79 Å². The molecule has 160 valence electrons. The summed E-state index contributed by atoms with van der Waals surface area (Å²) in [6.45, 7) is 10.7. The summed E-state index contributed by atoms with van der Waals surface area (Å²) in [5.41, 5.74) is 1.51. The Morgan fingerprint density at radius 2 is 1.93 bits per heavy atom. The normalized spacial score (nSPS) is 15.0. The lowest BCUT2D eigenvalue weighted by atomic mass is 10.1. The molecule has 1 saturated heterocycles. The topological polar surface area (TPSA) is 93.2 Å². The standard InChI is InChI=1S/C20H28N2O6S/c1-5-21(13-15(2)3)19(23)14-28-20(24)18-12-17(7-6-16(18)4)29(25,26)22-8-10-27-11-9-22/h6-7,12H,2,5,8-11,13-14H2,1,3-4H3. The van der Waals surface area contributed by atoms with Crippen LogP contribution in [0.2, 0.25) is 0 Å². The van der Waals surface area contributed by atoms with Crippen LogP contribution in [-0.4, -0.2) is 75.5 Å². The molecule has 1 fully saturated rings. The third-order valence-electron chi connectivity index (χ3n) is 4.56. The molecule has 9 heteroatoms. The average molecular weight is 425 g/mol. The molecule has 0 atom stereocenters. The highest BCUT2D eigenvalue weighted by Gasteiger charge is 2.27. The summed E-state index contributed by atoms with van der Waals surface area (Å²) in [4.78, 5) is 26.3. The van der Waals surface area contributed by atoms with Crippen LogP contribution in [0.5, 0.6) is 0 Å². The predicted octanol–water partition coefficient (Wildman–Crippen LogP) is 1.60. The molecule has 2 rings (SSSR count). The average Bonchev–Trinajstić information content (AvgIpc) is 2.70. The van der Waals surface area contributed by atoms with E-state index >= 15 is 0 Å². The Morgan fingerprint density at radius 3 is 2.52 bits per heavy atom. The number of carbonyl (C=O) groups excluding carboxylic acids is 2. The molecule has 0 spiro atoms. The fourth-order valence-electron chi connectivity index (χ4n) is 2.92. The number of aryl methyl sites for hydroxylation is 1. The van der Waals surface area contributed by atoms with E-state index < -0.39 is 22.6 Å². The molecule has 1 amide bonds. The number of sulfonamides is 1. The van der Waals surface area contributed by atoms with Crippen molar-refractivity contribution < 1.29 is 27.5 Å². The molecule has 0 radical (unpaired) electrons. The number of ether oxygens (including phenoxy) is 2. The van der Waals surface area contributed by atoms with Crippen LogP contribution in [0.3, 0.4) is 0 Å². The highest BCUT2D eigenvalue weighted by molar-refractivity contribution is 7.89. The molecule has 0 aromatic heterocycles. The summed E-state index contributed by atoms with van der Waals surface area (Å²) in [6, 6.07) is 4.33. The second-order valence-corrected chi connectivity index (χ2v) is 8.87. The number of likely N-dealkylation sites (N-methyl/N-ethyl adjacent to an activating group) is 1. The molecule has 29 heavy (non-hydrogen) atoms. The van der Waals surface area contributed by atoms with E-state index in [0.717, 1.165) is 5.57 Å². The van der Waals surface area contributed by atoms with E-state index in [1.54, 1.807) is 13.0 Å². The maximum absolute atomic E-state index is 12.8. The number of esters is 1. The number of carbonyl (C=O) groups is 2. The van der Waals surface area contributed by atoms with Crippen molar-refractivity contribution in [3.05, 3.63) is 41.5 Å². The molecular weight excluding hydrogens is 396 g/mol. The van der Waals surface area contributed by atoms with E-state index in [1.165, 1.54) is 21.3 Å². The Bertz CT molecular complexity index is 875. The van der Waals surface area contributed by atoms with Crippen molar-refractivity contribution in [2.45, 2.75) is 25.7 Å². The summed E-state index contributed by atoms with van der Waals surface area (Å²) < 4.78 is 37.3. The minimum absolute atomic E-state index is 0.0146. The second kappa shape index (κ2) is 10.00. The summed E-state index contributed by atoms with van der Waals surface area (Å²) in [5.74, 6) is -1.07. The van der Waals surface area contributed by atoms with Crippen LogP contribution in [0.4, 0.5) is 0 Å². The summed E-state index contributed by atoms with van der Waals surface area (Å²) in [5, 5.41) is 0. The molecule has 1 aliphatic heterocycles. The van der Waals surface area contributed by atoms with Gasteiger partial charge in [-0.25, -0.2) is 13.2 Å². The van der Waals surface area contributed by atoms with Gasteiger partial charge in [0.05, 0.1) is 23.7 Å². The third kappa shape index (κ3) is 5.88. The van der Waals surface area contributed by atoms with Gasteiger partial charge in [-0.15, -0.1) is 0 Å². The number of benzene rings is 1. The van der Waals surface area contributed by atoms with Crippen LogP contribution < -0.4 is 0 Å². The monoisotopic (exact) mass is 424 g/mol. The lowest BCUT2D eigenvalue weighted by Gasteiger charge is -2.26. The zero-order valence-electron chi connectivity index (χ0n) is 17.1. The lowest BCUT2D eigenvalue weighted by Crippen LogP contribution is -2.40. The molecule has 0 saturated carbocycles. The van der Waals surface area contributed by atoms with Gasteiger partial charge in [-0.2, -0.15) is 4.31 Å². The van der Waals surface area contributed by atoms with Crippen molar-refractivity contribution in [1.29, 1.82) is 0 Å². The van der Waals surface area contributed by atoms with Gasteiger partial charge in [0.2, 0.25) is 10.0 Å². The molecule has 0 N–H and O–H groups in total. The van der Waals surface area contributed by atoms with E-state index in [1.807, 2.05) is 13.8 Å². The minimum atomic E-state index is -3.74.